The molecule has 3 aliphatic rings. The van der Waals surface area contributed by atoms with Crippen molar-refractivity contribution in [1.82, 2.24) is 15.8 Å². The summed E-state index contributed by atoms with van der Waals surface area (Å²) in [5.41, 5.74) is 1.24. The van der Waals surface area contributed by atoms with E-state index in [9.17, 15) is 14.4 Å². The highest BCUT2D eigenvalue weighted by Gasteiger charge is 2.52. The number of rotatable bonds is 1. The third-order valence-corrected chi connectivity index (χ3v) is 6.93. The van der Waals surface area contributed by atoms with Gasteiger partial charge in [-0.25, -0.2) is 4.79 Å². The monoisotopic (exact) mass is 460 g/mol. The Balaban J connectivity index is 1.72. The number of aromatic nitrogens is 1. The van der Waals surface area contributed by atoms with E-state index in [2.05, 4.69) is 15.8 Å². The number of fused-ring (bicyclic) bond motifs is 2. The molecule has 1 aromatic carbocycles. The van der Waals surface area contributed by atoms with Crippen LogP contribution in [-0.4, -0.2) is 48.8 Å². The Labute approximate surface area is 189 Å². The van der Waals surface area contributed by atoms with Crippen molar-refractivity contribution >= 4 is 46.1 Å². The highest BCUT2D eigenvalue weighted by atomic mass is 35.5. The van der Waals surface area contributed by atoms with Gasteiger partial charge in [-0.2, -0.15) is 0 Å². The molecule has 0 bridgehead atoms. The predicted octanol–water partition coefficient (Wildman–Crippen LogP) is 2.89. The lowest BCUT2D eigenvalue weighted by atomic mass is 9.73. The van der Waals surface area contributed by atoms with Crippen molar-refractivity contribution in [1.29, 1.82) is 0 Å². The van der Waals surface area contributed by atoms with Gasteiger partial charge < -0.3 is 14.2 Å². The van der Waals surface area contributed by atoms with Crippen LogP contribution in [0.1, 0.15) is 50.3 Å². The second-order valence-corrected chi connectivity index (χ2v) is 9.63. The number of likely N-dealkylation sites (N-methyl/N-ethyl adjacent to an activating group) is 1. The zero-order valence-corrected chi connectivity index (χ0v) is 18.9. The lowest BCUT2D eigenvalue weighted by Crippen LogP contribution is -2.64. The van der Waals surface area contributed by atoms with Crippen molar-refractivity contribution in [3.05, 3.63) is 22.3 Å². The number of ether oxygens (including phenoxy) is 1. The van der Waals surface area contributed by atoms with Crippen LogP contribution in [0, 0.1) is 5.41 Å². The van der Waals surface area contributed by atoms with Gasteiger partial charge in [0.1, 0.15) is 10.4 Å². The number of halogens is 1. The van der Waals surface area contributed by atoms with Crippen molar-refractivity contribution in [3.63, 3.8) is 0 Å². The highest BCUT2D eigenvalue weighted by molar-refractivity contribution is 6.38. The zero-order chi connectivity index (χ0) is 22.8. The minimum atomic E-state index is -1.52. The summed E-state index contributed by atoms with van der Waals surface area (Å²) in [6.07, 6.45) is 1.68. The maximum Gasteiger partial charge on any atom is 0.328 e. The molecule has 1 saturated carbocycles. The van der Waals surface area contributed by atoms with Crippen molar-refractivity contribution < 1.29 is 23.6 Å². The molecule has 1 aromatic heterocycles. The highest BCUT2D eigenvalue weighted by Crippen LogP contribution is 2.47. The molecular formula is C22H25ClN4O5. The number of amides is 4. The van der Waals surface area contributed by atoms with Crippen molar-refractivity contribution in [3.8, 4) is 0 Å². The molecule has 2 atom stereocenters. The van der Waals surface area contributed by atoms with Crippen LogP contribution in [0.4, 0.5) is 10.5 Å². The largest absolute Gasteiger partial charge is 0.374 e. The van der Waals surface area contributed by atoms with E-state index >= 15 is 0 Å². The van der Waals surface area contributed by atoms with Gasteiger partial charge in [0.2, 0.25) is 11.8 Å². The Kier molecular flexibility index (Phi) is 4.94. The molecule has 1 spiro atoms. The fraction of sp³-hybridized carbons (Fsp3) is 0.545. The van der Waals surface area contributed by atoms with Gasteiger partial charge in [0.05, 0.1) is 23.6 Å². The number of hydrogen-bond donors (Lipinski definition) is 2. The van der Waals surface area contributed by atoms with Gasteiger partial charge >= 0.3 is 6.03 Å². The van der Waals surface area contributed by atoms with Gasteiger partial charge in [0.15, 0.2) is 5.58 Å². The average Bonchev–Trinajstić information content (AvgIpc) is 3.44. The van der Waals surface area contributed by atoms with E-state index in [4.69, 9.17) is 20.9 Å². The molecule has 2 aliphatic heterocycles. The fourth-order valence-corrected chi connectivity index (χ4v) is 5.48. The van der Waals surface area contributed by atoms with Crippen LogP contribution in [0.5, 0.6) is 0 Å². The summed E-state index contributed by atoms with van der Waals surface area (Å²) in [7, 11) is 1.89. The first-order valence-electron chi connectivity index (χ1n) is 10.8. The Morgan fingerprint density at radius 1 is 1.16 bits per heavy atom. The molecular weight excluding hydrogens is 436 g/mol. The zero-order valence-electron chi connectivity index (χ0n) is 18.2. The summed E-state index contributed by atoms with van der Waals surface area (Å²) in [5.74, 6) is -0.927. The average molecular weight is 461 g/mol. The molecule has 3 heterocycles. The summed E-state index contributed by atoms with van der Waals surface area (Å²) >= 11 is 6.84. The molecule has 10 heteroatoms. The Morgan fingerprint density at radius 3 is 2.50 bits per heavy atom. The standard InChI is InChI=1S/C22H25ClN4O5/c1-10-7-22(19(28)24-21(30)25-20(22)29)8-13-6-14-16(12-4-5-12)26-32-18(14)15(23)17(13)27(3)9-11(2)31-10/h6,10-12H,4-5,7-9H2,1-3H3,(H2,24,25,28,29,30)/t10-,11+/m0/s1. The van der Waals surface area contributed by atoms with E-state index in [1.165, 1.54) is 0 Å². The van der Waals surface area contributed by atoms with Gasteiger partial charge in [0, 0.05) is 24.9 Å². The van der Waals surface area contributed by atoms with Crippen LogP contribution in [0.3, 0.4) is 0 Å². The number of nitrogens with one attached hydrogen (secondary N) is 2. The molecule has 0 unspecified atom stereocenters. The summed E-state index contributed by atoms with van der Waals surface area (Å²) in [5, 5.41) is 10.0. The lowest BCUT2D eigenvalue weighted by Gasteiger charge is -2.39. The van der Waals surface area contributed by atoms with Crippen LogP contribution < -0.4 is 15.5 Å². The van der Waals surface area contributed by atoms with Crippen LogP contribution in [-0.2, 0) is 20.7 Å². The smallest absolute Gasteiger partial charge is 0.328 e. The van der Waals surface area contributed by atoms with Crippen molar-refractivity contribution in [2.75, 3.05) is 18.5 Å². The van der Waals surface area contributed by atoms with E-state index in [1.807, 2.05) is 31.9 Å². The summed E-state index contributed by atoms with van der Waals surface area (Å²) in [6.45, 7) is 4.31. The van der Waals surface area contributed by atoms with Gasteiger partial charge in [0.25, 0.3) is 0 Å². The summed E-state index contributed by atoms with van der Waals surface area (Å²) in [4.78, 5) is 40.0. The molecule has 1 aliphatic carbocycles. The minimum Gasteiger partial charge on any atom is -0.374 e. The van der Waals surface area contributed by atoms with Crippen molar-refractivity contribution in [2.45, 2.75) is 57.7 Å². The number of carbonyl (C=O) groups is 3. The summed E-state index contributed by atoms with van der Waals surface area (Å²) < 4.78 is 11.7. The number of carbonyl (C=O) groups excluding carboxylic acids is 3. The SMILES string of the molecule is C[C@@H]1CN(C)c2c(cc3c(C4CC4)noc3c2Cl)CC2(C[C@H](C)O1)C(=O)NC(=O)NC2=O. The number of anilines is 1. The second-order valence-electron chi connectivity index (χ2n) is 9.26. The molecule has 4 amide bonds. The van der Waals surface area contributed by atoms with Crippen LogP contribution >= 0.6 is 11.6 Å². The first kappa shape index (κ1) is 21.2. The maximum absolute atomic E-state index is 13.1. The molecule has 170 valence electrons. The molecule has 0 radical (unpaired) electrons. The first-order chi connectivity index (χ1) is 15.2. The van der Waals surface area contributed by atoms with Gasteiger partial charge in [-0.15, -0.1) is 0 Å². The number of barbiturate groups is 1. The third-order valence-electron chi connectivity index (χ3n) is 6.58. The second kappa shape index (κ2) is 7.45. The minimum absolute atomic E-state index is 0.0602. The maximum atomic E-state index is 13.1. The third kappa shape index (κ3) is 3.34. The Hall–Kier alpha value is -2.65. The number of imide groups is 2. The fourth-order valence-electron chi connectivity index (χ4n) is 5.08. The number of hydrogen-bond acceptors (Lipinski definition) is 7. The molecule has 2 N–H and O–H groups in total. The molecule has 1 saturated heterocycles. The van der Waals surface area contributed by atoms with Gasteiger partial charge in [-0.1, -0.05) is 16.8 Å². The molecule has 5 rings (SSSR count). The van der Waals surface area contributed by atoms with Crippen LogP contribution in [0.15, 0.2) is 10.6 Å². The van der Waals surface area contributed by atoms with E-state index < -0.39 is 23.3 Å². The topological polar surface area (TPSA) is 114 Å². The number of nitrogens with zero attached hydrogens (tertiary/aromatic N) is 2. The first-order valence-corrected chi connectivity index (χ1v) is 11.2. The van der Waals surface area contributed by atoms with E-state index in [1.54, 1.807) is 0 Å². The lowest BCUT2D eigenvalue weighted by molar-refractivity contribution is -0.148. The van der Waals surface area contributed by atoms with Crippen molar-refractivity contribution in [2.24, 2.45) is 5.41 Å². The quantitative estimate of drug-likeness (QED) is 0.629. The molecule has 9 nitrogen and oxygen atoms in total. The van der Waals surface area contributed by atoms with E-state index in [0.29, 0.717) is 28.8 Å². The number of benzene rings is 1. The van der Waals surface area contributed by atoms with Crippen LogP contribution in [0.25, 0.3) is 11.0 Å². The van der Waals surface area contributed by atoms with Gasteiger partial charge in [-0.05, 0) is 51.2 Å². The normalized spacial score (nSPS) is 26.1. The Bertz CT molecular complexity index is 1120. The Morgan fingerprint density at radius 2 is 1.84 bits per heavy atom. The van der Waals surface area contributed by atoms with Gasteiger partial charge in [-0.3, -0.25) is 20.2 Å². The molecule has 32 heavy (non-hydrogen) atoms. The number of urea groups is 1. The van der Waals surface area contributed by atoms with Crippen LogP contribution in [0.2, 0.25) is 5.02 Å². The predicted molar refractivity (Wildman–Crippen MR) is 117 cm³/mol. The van der Waals surface area contributed by atoms with E-state index in [0.717, 1.165) is 29.5 Å². The van der Waals surface area contributed by atoms with E-state index in [-0.39, 0.29) is 25.0 Å². The summed E-state index contributed by atoms with van der Waals surface area (Å²) in [6, 6.07) is 1.12. The molecule has 2 aromatic rings. The molecule has 2 fully saturated rings.